The minimum atomic E-state index is 0.910. The Hall–Kier alpha value is 0.177. The van der Waals surface area contributed by atoms with Crippen molar-refractivity contribution in [3.63, 3.8) is 0 Å². The van der Waals surface area contributed by atoms with E-state index < -0.39 is 0 Å². The number of hydrogen-bond acceptors (Lipinski definition) is 1. The van der Waals surface area contributed by atoms with Gasteiger partial charge in [-0.25, -0.2) is 0 Å². The van der Waals surface area contributed by atoms with Gasteiger partial charge in [-0.15, -0.1) is 0 Å². The van der Waals surface area contributed by atoms with E-state index >= 15 is 0 Å². The maximum Gasteiger partial charge on any atom is 0.145 e. The molecule has 0 amide bonds. The third-order valence-electron chi connectivity index (χ3n) is 4.45. The Balaban J connectivity index is 2.90. The van der Waals surface area contributed by atoms with Crippen LogP contribution in [0.1, 0.15) is 116 Å². The van der Waals surface area contributed by atoms with E-state index in [1.807, 2.05) is 0 Å². The molecular weight excluding hydrogens is 272 g/mol. The maximum atomic E-state index is 5.20. The zero-order valence-corrected chi connectivity index (χ0v) is 17.1. The molecule has 21 heavy (non-hydrogen) atoms. The summed E-state index contributed by atoms with van der Waals surface area (Å²) in [6.45, 7) is 3.30. The van der Waals surface area contributed by atoms with Gasteiger partial charge in [-0.1, -0.05) is 110 Å². The highest BCUT2D eigenvalue weighted by Crippen LogP contribution is 2.13. The number of hydrogen-bond donors (Lipinski definition) is 0. The van der Waals surface area contributed by atoms with Crippen LogP contribution in [0.4, 0.5) is 0 Å². The SMILES string of the molecule is CCCCCCCCCCCCCCCCCCCO[SiH3]. The predicted octanol–water partition coefficient (Wildman–Crippen LogP) is 5.94. The summed E-state index contributed by atoms with van der Waals surface area (Å²) < 4.78 is 5.20. The molecule has 0 rings (SSSR count). The fraction of sp³-hybridized carbons (Fsp3) is 1.00. The van der Waals surface area contributed by atoms with E-state index in [0.29, 0.717) is 0 Å². The lowest BCUT2D eigenvalue weighted by Crippen LogP contribution is -1.89. The van der Waals surface area contributed by atoms with Gasteiger partial charge >= 0.3 is 0 Å². The molecule has 1 nitrogen and oxygen atoms in total. The van der Waals surface area contributed by atoms with Gasteiger partial charge in [0.25, 0.3) is 0 Å². The minimum Gasteiger partial charge on any atom is -0.428 e. The molecule has 0 unspecified atom stereocenters. The fourth-order valence-corrected chi connectivity index (χ4v) is 3.26. The molecule has 0 aliphatic carbocycles. The predicted molar refractivity (Wildman–Crippen MR) is 100 cm³/mol. The molecule has 0 spiro atoms. The van der Waals surface area contributed by atoms with Crippen molar-refractivity contribution < 1.29 is 4.43 Å². The molecule has 0 aliphatic rings. The summed E-state index contributed by atoms with van der Waals surface area (Å²) in [5.41, 5.74) is 0. The van der Waals surface area contributed by atoms with Crippen LogP contribution < -0.4 is 0 Å². The summed E-state index contributed by atoms with van der Waals surface area (Å²) in [6.07, 6.45) is 24.5. The smallest absolute Gasteiger partial charge is 0.145 e. The van der Waals surface area contributed by atoms with Crippen LogP contribution in [0.15, 0.2) is 0 Å². The van der Waals surface area contributed by atoms with Crippen molar-refractivity contribution in [3.8, 4) is 0 Å². The molecule has 0 fully saturated rings. The Morgan fingerprint density at radius 1 is 0.476 bits per heavy atom. The monoisotopic (exact) mass is 314 g/mol. The molecule has 0 bridgehead atoms. The molecule has 0 atom stereocenters. The fourth-order valence-electron chi connectivity index (χ4n) is 2.97. The van der Waals surface area contributed by atoms with Gasteiger partial charge in [0, 0.05) is 6.61 Å². The average molecular weight is 315 g/mol. The highest BCUT2D eigenvalue weighted by molar-refractivity contribution is 5.97. The Bertz CT molecular complexity index is 155. The van der Waals surface area contributed by atoms with E-state index in [1.165, 1.54) is 109 Å². The van der Waals surface area contributed by atoms with Crippen molar-refractivity contribution in [1.29, 1.82) is 0 Å². The van der Waals surface area contributed by atoms with Gasteiger partial charge in [0.15, 0.2) is 0 Å². The first-order chi connectivity index (χ1) is 10.4. The van der Waals surface area contributed by atoms with Crippen LogP contribution in [-0.2, 0) is 4.43 Å². The molecule has 0 aromatic heterocycles. The first-order valence-electron chi connectivity index (χ1n) is 9.90. The Kier molecular flexibility index (Phi) is 20.3. The standard InChI is InChI=1S/C19H42OSi/c1-2-3-4-5-6-7-8-9-10-11-12-13-14-15-16-17-18-19-20-21/h2-19H2,1,21H3. The van der Waals surface area contributed by atoms with Crippen LogP contribution >= 0.6 is 0 Å². The van der Waals surface area contributed by atoms with E-state index in [1.54, 1.807) is 0 Å². The van der Waals surface area contributed by atoms with E-state index in [2.05, 4.69) is 6.92 Å². The number of unbranched alkanes of at least 4 members (excludes halogenated alkanes) is 16. The van der Waals surface area contributed by atoms with Crippen LogP contribution in [0.2, 0.25) is 0 Å². The van der Waals surface area contributed by atoms with Gasteiger partial charge in [-0.05, 0) is 6.42 Å². The third-order valence-corrected chi connectivity index (χ3v) is 4.86. The average Bonchev–Trinajstić information content (AvgIpc) is 2.50. The molecule has 0 radical (unpaired) electrons. The quantitative estimate of drug-likeness (QED) is 0.225. The first-order valence-corrected chi connectivity index (χ1v) is 10.7. The van der Waals surface area contributed by atoms with Gasteiger partial charge in [0.2, 0.25) is 0 Å². The topological polar surface area (TPSA) is 9.23 Å². The van der Waals surface area contributed by atoms with Gasteiger partial charge in [0.05, 0.1) is 0 Å². The third kappa shape index (κ3) is 20.2. The van der Waals surface area contributed by atoms with Crippen LogP contribution in [0.25, 0.3) is 0 Å². The summed E-state index contributed by atoms with van der Waals surface area (Å²) in [7, 11) is 0.910. The Morgan fingerprint density at radius 2 is 0.762 bits per heavy atom. The molecule has 0 aromatic carbocycles. The zero-order valence-electron chi connectivity index (χ0n) is 15.1. The Morgan fingerprint density at radius 3 is 1.05 bits per heavy atom. The van der Waals surface area contributed by atoms with Crippen molar-refractivity contribution in [1.82, 2.24) is 0 Å². The highest BCUT2D eigenvalue weighted by Gasteiger charge is 1.94. The highest BCUT2D eigenvalue weighted by atomic mass is 28.2. The van der Waals surface area contributed by atoms with Crippen molar-refractivity contribution in [2.24, 2.45) is 0 Å². The lowest BCUT2D eigenvalue weighted by Gasteiger charge is -2.03. The van der Waals surface area contributed by atoms with Gasteiger partial charge < -0.3 is 4.43 Å². The van der Waals surface area contributed by atoms with Crippen LogP contribution in [0.5, 0.6) is 0 Å². The van der Waals surface area contributed by atoms with Crippen LogP contribution in [0, 0.1) is 0 Å². The first kappa shape index (κ1) is 21.2. The maximum absolute atomic E-state index is 5.20. The van der Waals surface area contributed by atoms with Crippen molar-refractivity contribution >= 4 is 10.5 Å². The van der Waals surface area contributed by atoms with Gasteiger partial charge in [0.1, 0.15) is 10.5 Å². The van der Waals surface area contributed by atoms with Gasteiger partial charge in [-0.2, -0.15) is 0 Å². The molecule has 128 valence electrons. The second-order valence-electron chi connectivity index (χ2n) is 6.65. The van der Waals surface area contributed by atoms with Crippen LogP contribution in [0.3, 0.4) is 0 Å². The van der Waals surface area contributed by atoms with E-state index in [0.717, 1.165) is 17.1 Å². The van der Waals surface area contributed by atoms with Gasteiger partial charge in [-0.3, -0.25) is 0 Å². The van der Waals surface area contributed by atoms with E-state index in [9.17, 15) is 0 Å². The van der Waals surface area contributed by atoms with E-state index in [-0.39, 0.29) is 0 Å². The van der Waals surface area contributed by atoms with Crippen LogP contribution in [-0.4, -0.2) is 17.1 Å². The largest absolute Gasteiger partial charge is 0.428 e. The summed E-state index contributed by atoms with van der Waals surface area (Å²) in [5.74, 6) is 0. The molecule has 2 heteroatoms. The summed E-state index contributed by atoms with van der Waals surface area (Å²) in [6, 6.07) is 0. The minimum absolute atomic E-state index is 0.910. The lowest BCUT2D eigenvalue weighted by molar-refractivity contribution is 0.332. The summed E-state index contributed by atoms with van der Waals surface area (Å²) in [5, 5.41) is 0. The van der Waals surface area contributed by atoms with E-state index in [4.69, 9.17) is 4.43 Å². The molecule has 0 saturated carbocycles. The molecule has 0 heterocycles. The molecule has 0 aromatic rings. The molecule has 0 N–H and O–H groups in total. The lowest BCUT2D eigenvalue weighted by atomic mass is 10.0. The molecular formula is C19H42OSi. The normalized spacial score (nSPS) is 11.3. The zero-order chi connectivity index (χ0) is 15.4. The van der Waals surface area contributed by atoms with Crippen molar-refractivity contribution in [2.45, 2.75) is 116 Å². The number of rotatable bonds is 18. The molecule has 0 saturated heterocycles. The molecule has 0 aliphatic heterocycles. The summed E-state index contributed by atoms with van der Waals surface area (Å²) in [4.78, 5) is 0. The summed E-state index contributed by atoms with van der Waals surface area (Å²) >= 11 is 0. The Labute approximate surface area is 138 Å². The second kappa shape index (κ2) is 20.2. The van der Waals surface area contributed by atoms with Crippen molar-refractivity contribution in [2.75, 3.05) is 6.61 Å². The van der Waals surface area contributed by atoms with Crippen molar-refractivity contribution in [3.05, 3.63) is 0 Å². The second-order valence-corrected chi connectivity index (χ2v) is 7.23.